The van der Waals surface area contributed by atoms with Crippen molar-refractivity contribution in [3.63, 3.8) is 0 Å². The van der Waals surface area contributed by atoms with Gasteiger partial charge in [-0.2, -0.15) is 4.31 Å². The molecular formula is C25H35N3O3S. The number of amides is 1. The van der Waals surface area contributed by atoms with Crippen LogP contribution in [0.15, 0.2) is 53.4 Å². The largest absolute Gasteiger partial charge is 0.354 e. The fraction of sp³-hybridized carbons (Fsp3) is 0.480. The van der Waals surface area contributed by atoms with Crippen LogP contribution < -0.4 is 5.32 Å². The Kier molecular flexibility index (Phi) is 8.09. The molecule has 1 atom stereocenters. The molecule has 1 aliphatic heterocycles. The summed E-state index contributed by atoms with van der Waals surface area (Å²) in [4.78, 5) is 15.3. The molecule has 1 amide bonds. The zero-order chi connectivity index (χ0) is 23.3. The van der Waals surface area contributed by atoms with Crippen molar-refractivity contribution < 1.29 is 13.2 Å². The Hall–Kier alpha value is -2.22. The average molecular weight is 458 g/mol. The molecule has 7 heteroatoms. The van der Waals surface area contributed by atoms with E-state index in [0.29, 0.717) is 37.4 Å². The van der Waals surface area contributed by atoms with Crippen LogP contribution >= 0.6 is 0 Å². The van der Waals surface area contributed by atoms with Crippen molar-refractivity contribution in [2.24, 2.45) is 5.92 Å². The zero-order valence-corrected chi connectivity index (χ0v) is 20.4. The van der Waals surface area contributed by atoms with Gasteiger partial charge in [-0.1, -0.05) is 48.0 Å². The number of carbonyl (C=O) groups excluding carboxylic acids is 1. The van der Waals surface area contributed by atoms with Crippen molar-refractivity contribution in [2.45, 2.75) is 44.0 Å². The van der Waals surface area contributed by atoms with Gasteiger partial charge in [-0.15, -0.1) is 0 Å². The number of rotatable bonds is 8. The lowest BCUT2D eigenvalue weighted by Gasteiger charge is -2.32. The molecule has 2 aromatic rings. The number of sulfonamides is 1. The van der Waals surface area contributed by atoms with Crippen LogP contribution in [0.3, 0.4) is 0 Å². The van der Waals surface area contributed by atoms with E-state index in [4.69, 9.17) is 0 Å². The van der Waals surface area contributed by atoms with E-state index in [1.165, 1.54) is 9.87 Å². The van der Waals surface area contributed by atoms with E-state index in [-0.39, 0.29) is 17.9 Å². The van der Waals surface area contributed by atoms with Gasteiger partial charge in [0.25, 0.3) is 0 Å². The molecule has 6 nitrogen and oxygen atoms in total. The molecule has 1 unspecified atom stereocenters. The highest BCUT2D eigenvalue weighted by Gasteiger charge is 2.33. The van der Waals surface area contributed by atoms with Crippen LogP contribution in [0, 0.1) is 19.8 Å². The predicted octanol–water partition coefficient (Wildman–Crippen LogP) is 2.99. The molecule has 1 N–H and O–H groups in total. The highest BCUT2D eigenvalue weighted by Crippen LogP contribution is 2.26. The minimum absolute atomic E-state index is 0.0217. The Balaban J connectivity index is 1.54. The first-order chi connectivity index (χ1) is 15.2. The lowest BCUT2D eigenvalue weighted by atomic mass is 9.97. The molecule has 0 spiro atoms. The highest BCUT2D eigenvalue weighted by atomic mass is 32.2. The van der Waals surface area contributed by atoms with E-state index in [2.05, 4.69) is 22.3 Å². The molecular weight excluding hydrogens is 422 g/mol. The number of hydrogen-bond acceptors (Lipinski definition) is 4. The lowest BCUT2D eigenvalue weighted by molar-refractivity contribution is -0.126. The molecule has 2 aromatic carbocycles. The number of carbonyl (C=O) groups is 1. The van der Waals surface area contributed by atoms with E-state index in [9.17, 15) is 13.2 Å². The second-order valence-corrected chi connectivity index (χ2v) is 10.9. The Labute approximate surface area is 192 Å². The van der Waals surface area contributed by atoms with Crippen LogP contribution in [-0.4, -0.2) is 63.3 Å². The van der Waals surface area contributed by atoms with Crippen molar-refractivity contribution in [1.82, 2.24) is 14.5 Å². The third-order valence-corrected chi connectivity index (χ3v) is 8.39. The number of hydrogen-bond donors (Lipinski definition) is 1. The number of piperidine rings is 1. The molecule has 1 heterocycles. The molecule has 1 aliphatic rings. The van der Waals surface area contributed by atoms with E-state index < -0.39 is 10.0 Å². The fourth-order valence-corrected chi connectivity index (χ4v) is 5.95. The third-order valence-electron chi connectivity index (χ3n) is 6.33. The van der Waals surface area contributed by atoms with Crippen LogP contribution in [0.25, 0.3) is 0 Å². The molecule has 3 rings (SSSR count). The van der Waals surface area contributed by atoms with Crippen LogP contribution in [0.2, 0.25) is 0 Å². The Morgan fingerprint density at radius 1 is 1.09 bits per heavy atom. The van der Waals surface area contributed by atoms with Crippen molar-refractivity contribution in [3.8, 4) is 0 Å². The summed E-state index contributed by atoms with van der Waals surface area (Å²) < 4.78 is 27.7. The third kappa shape index (κ3) is 5.97. The summed E-state index contributed by atoms with van der Waals surface area (Å²) in [5.41, 5.74) is 3.04. The van der Waals surface area contributed by atoms with Gasteiger partial charge in [0.15, 0.2) is 0 Å². The standard InChI is InChI=1S/C25H35N3O3S/c1-19-10-11-24(20(2)16-19)32(30,31)28-14-12-22(13-15-28)25(29)26-18-23(27(3)4)17-21-8-6-5-7-9-21/h5-11,16,22-23H,12-15,17-18H2,1-4H3,(H,26,29). The van der Waals surface area contributed by atoms with Crippen molar-refractivity contribution in [1.29, 1.82) is 0 Å². The molecule has 0 saturated carbocycles. The Bertz CT molecular complexity index is 1010. The minimum atomic E-state index is -3.54. The summed E-state index contributed by atoms with van der Waals surface area (Å²) in [6.07, 6.45) is 1.95. The van der Waals surface area contributed by atoms with Crippen molar-refractivity contribution in [3.05, 3.63) is 65.2 Å². The number of benzene rings is 2. The van der Waals surface area contributed by atoms with Gasteiger partial charge in [0, 0.05) is 31.6 Å². The smallest absolute Gasteiger partial charge is 0.243 e. The van der Waals surface area contributed by atoms with E-state index in [1.54, 1.807) is 6.07 Å². The van der Waals surface area contributed by atoms with Gasteiger partial charge >= 0.3 is 0 Å². The molecule has 1 fully saturated rings. The predicted molar refractivity (Wildman–Crippen MR) is 128 cm³/mol. The highest BCUT2D eigenvalue weighted by molar-refractivity contribution is 7.89. The Morgan fingerprint density at radius 2 is 1.75 bits per heavy atom. The zero-order valence-electron chi connectivity index (χ0n) is 19.5. The first-order valence-electron chi connectivity index (χ1n) is 11.2. The maximum absolute atomic E-state index is 13.1. The van der Waals surface area contributed by atoms with Gasteiger partial charge in [0.1, 0.15) is 0 Å². The summed E-state index contributed by atoms with van der Waals surface area (Å²) in [6, 6.07) is 15.9. The van der Waals surface area contributed by atoms with Gasteiger partial charge in [0.2, 0.25) is 15.9 Å². The van der Waals surface area contributed by atoms with Crippen LogP contribution in [0.1, 0.15) is 29.5 Å². The number of nitrogens with one attached hydrogen (secondary N) is 1. The number of likely N-dealkylation sites (N-methyl/N-ethyl adjacent to an activating group) is 1. The summed E-state index contributed by atoms with van der Waals surface area (Å²) in [5, 5.41) is 3.11. The SMILES string of the molecule is Cc1ccc(S(=O)(=O)N2CCC(C(=O)NCC(Cc3ccccc3)N(C)C)CC2)c(C)c1. The molecule has 0 aromatic heterocycles. The second-order valence-electron chi connectivity index (χ2n) is 9.00. The maximum atomic E-state index is 13.1. The maximum Gasteiger partial charge on any atom is 0.243 e. The Morgan fingerprint density at radius 3 is 2.34 bits per heavy atom. The average Bonchev–Trinajstić information content (AvgIpc) is 2.76. The number of nitrogens with zero attached hydrogens (tertiary/aromatic N) is 2. The summed E-state index contributed by atoms with van der Waals surface area (Å²) in [5.74, 6) is -0.131. The van der Waals surface area contributed by atoms with Gasteiger partial charge in [-0.3, -0.25) is 4.79 Å². The summed E-state index contributed by atoms with van der Waals surface area (Å²) >= 11 is 0. The van der Waals surface area contributed by atoms with Gasteiger partial charge in [-0.05, 0) is 64.4 Å². The first-order valence-corrected chi connectivity index (χ1v) is 12.7. The topological polar surface area (TPSA) is 69.7 Å². The van der Waals surface area contributed by atoms with Gasteiger partial charge in [-0.25, -0.2) is 8.42 Å². The normalized spacial score (nSPS) is 16.8. The second kappa shape index (κ2) is 10.6. The van der Waals surface area contributed by atoms with E-state index in [1.807, 2.05) is 58.3 Å². The van der Waals surface area contributed by atoms with Crippen molar-refractivity contribution in [2.75, 3.05) is 33.7 Å². The number of aryl methyl sites for hydroxylation is 2. The van der Waals surface area contributed by atoms with Crippen molar-refractivity contribution >= 4 is 15.9 Å². The molecule has 174 valence electrons. The van der Waals surface area contributed by atoms with Crippen LogP contribution in [0.5, 0.6) is 0 Å². The fourth-order valence-electron chi connectivity index (χ4n) is 4.27. The summed E-state index contributed by atoms with van der Waals surface area (Å²) in [6.45, 7) is 5.09. The van der Waals surface area contributed by atoms with Gasteiger partial charge in [0.05, 0.1) is 4.90 Å². The van der Waals surface area contributed by atoms with Gasteiger partial charge < -0.3 is 10.2 Å². The first kappa shape index (κ1) is 24.4. The quantitative estimate of drug-likeness (QED) is 0.662. The summed E-state index contributed by atoms with van der Waals surface area (Å²) in [7, 11) is 0.513. The molecule has 0 aliphatic carbocycles. The van der Waals surface area contributed by atoms with E-state index >= 15 is 0 Å². The monoisotopic (exact) mass is 457 g/mol. The minimum Gasteiger partial charge on any atom is -0.354 e. The van der Waals surface area contributed by atoms with E-state index in [0.717, 1.165) is 17.5 Å². The molecule has 0 bridgehead atoms. The van der Waals surface area contributed by atoms with Crippen LogP contribution in [-0.2, 0) is 21.2 Å². The molecule has 0 radical (unpaired) electrons. The molecule has 1 saturated heterocycles. The lowest BCUT2D eigenvalue weighted by Crippen LogP contribution is -2.46. The molecule has 32 heavy (non-hydrogen) atoms. The van der Waals surface area contributed by atoms with Crippen LogP contribution in [0.4, 0.5) is 0 Å².